The summed E-state index contributed by atoms with van der Waals surface area (Å²) in [6.07, 6.45) is -6.10. The van der Waals surface area contributed by atoms with Gasteiger partial charge in [0.2, 0.25) is 0 Å². The molecule has 0 atom stereocenters. The molecule has 0 aliphatic carbocycles. The molecule has 0 aromatic carbocycles. The first kappa shape index (κ1) is 13.6. The molecule has 0 heterocycles. The molecule has 86 valence electrons. The van der Waals surface area contributed by atoms with Gasteiger partial charge in [-0.2, -0.15) is 26.3 Å². The maximum Gasteiger partial charge on any atom is 0.470 e. The minimum absolute atomic E-state index is 0.0551. The SMILES string of the molecule is CCN(C)S(=O)(=O)C(F)(F)C(F)(F)F. The zero-order chi connectivity index (χ0) is 11.8. The maximum atomic E-state index is 12.4. The Labute approximate surface area is 77.5 Å². The maximum absolute atomic E-state index is 12.4. The van der Waals surface area contributed by atoms with Crippen molar-refractivity contribution in [2.45, 2.75) is 18.4 Å². The van der Waals surface area contributed by atoms with E-state index < -0.39 is 28.0 Å². The third kappa shape index (κ3) is 1.97. The monoisotopic (exact) mass is 241 g/mol. The second-order valence-corrected chi connectivity index (χ2v) is 4.52. The van der Waals surface area contributed by atoms with Gasteiger partial charge in [0.15, 0.2) is 0 Å². The molecule has 0 aromatic rings. The average molecular weight is 241 g/mol. The van der Waals surface area contributed by atoms with Gasteiger partial charge in [-0.25, -0.2) is 8.42 Å². The van der Waals surface area contributed by atoms with Gasteiger partial charge in [0.25, 0.3) is 10.0 Å². The predicted octanol–water partition coefficient (Wildman–Crippen LogP) is 1.42. The zero-order valence-corrected chi connectivity index (χ0v) is 8.09. The Bertz CT molecular complexity index is 296. The van der Waals surface area contributed by atoms with Crippen LogP contribution in [0.15, 0.2) is 0 Å². The number of rotatable bonds is 3. The van der Waals surface area contributed by atoms with E-state index in [1.165, 1.54) is 0 Å². The Balaban J connectivity index is 5.31. The molecule has 0 fully saturated rings. The molecule has 9 heteroatoms. The molecular formula is C5H8F5NO2S. The van der Waals surface area contributed by atoms with Crippen LogP contribution in [0.3, 0.4) is 0 Å². The summed E-state index contributed by atoms with van der Waals surface area (Å²) in [5.74, 6) is 0. The van der Waals surface area contributed by atoms with Crippen molar-refractivity contribution >= 4 is 10.0 Å². The summed E-state index contributed by atoms with van der Waals surface area (Å²) in [7, 11) is -5.02. The zero-order valence-electron chi connectivity index (χ0n) is 7.27. The molecule has 0 unspecified atom stereocenters. The van der Waals surface area contributed by atoms with Gasteiger partial charge in [0, 0.05) is 13.6 Å². The van der Waals surface area contributed by atoms with Gasteiger partial charge < -0.3 is 0 Å². The highest BCUT2D eigenvalue weighted by molar-refractivity contribution is 7.90. The second kappa shape index (κ2) is 3.61. The fourth-order valence-electron chi connectivity index (χ4n) is 0.512. The first-order valence-electron chi connectivity index (χ1n) is 3.39. The molecule has 0 spiro atoms. The number of hydrogen-bond acceptors (Lipinski definition) is 2. The van der Waals surface area contributed by atoms with Gasteiger partial charge in [-0.05, 0) is 0 Å². The first-order valence-corrected chi connectivity index (χ1v) is 4.83. The van der Waals surface area contributed by atoms with Gasteiger partial charge in [0.1, 0.15) is 0 Å². The van der Waals surface area contributed by atoms with Crippen LogP contribution in [0.2, 0.25) is 0 Å². The summed E-state index contributed by atoms with van der Waals surface area (Å²) >= 11 is 0. The molecule has 3 nitrogen and oxygen atoms in total. The van der Waals surface area contributed by atoms with Crippen molar-refractivity contribution in [2.24, 2.45) is 0 Å². The van der Waals surface area contributed by atoms with Gasteiger partial charge in [-0.15, -0.1) is 0 Å². The van der Waals surface area contributed by atoms with Crippen molar-refractivity contribution in [1.82, 2.24) is 4.31 Å². The van der Waals surface area contributed by atoms with Gasteiger partial charge in [0.05, 0.1) is 0 Å². The van der Waals surface area contributed by atoms with Crippen LogP contribution in [-0.4, -0.2) is 37.7 Å². The third-order valence-corrected chi connectivity index (χ3v) is 3.47. The minimum Gasteiger partial charge on any atom is -0.205 e. The topological polar surface area (TPSA) is 37.4 Å². The van der Waals surface area contributed by atoms with E-state index in [1.54, 1.807) is 0 Å². The summed E-state index contributed by atoms with van der Waals surface area (Å²) in [5, 5.41) is -5.75. The van der Waals surface area contributed by atoms with Crippen molar-refractivity contribution in [3.63, 3.8) is 0 Å². The molecule has 0 saturated carbocycles. The number of halogens is 5. The van der Waals surface area contributed by atoms with Gasteiger partial charge >= 0.3 is 11.4 Å². The molecule has 0 aliphatic heterocycles. The summed E-state index contributed by atoms with van der Waals surface area (Å²) in [4.78, 5) is 0. The Morgan fingerprint density at radius 2 is 1.50 bits per heavy atom. The van der Waals surface area contributed by atoms with Crippen molar-refractivity contribution in [3.05, 3.63) is 0 Å². The first-order chi connectivity index (χ1) is 5.98. The highest BCUT2D eigenvalue weighted by Gasteiger charge is 2.68. The van der Waals surface area contributed by atoms with Crippen LogP contribution in [0.5, 0.6) is 0 Å². The molecule has 0 N–H and O–H groups in total. The van der Waals surface area contributed by atoms with Gasteiger partial charge in [-0.3, -0.25) is 0 Å². The van der Waals surface area contributed by atoms with Crippen molar-refractivity contribution in [2.75, 3.05) is 13.6 Å². The van der Waals surface area contributed by atoms with E-state index in [2.05, 4.69) is 0 Å². The Morgan fingerprint density at radius 1 is 1.14 bits per heavy atom. The minimum atomic E-state index is -6.10. The average Bonchev–Trinajstić information content (AvgIpc) is 2.00. The normalized spacial score (nSPS) is 14.9. The Morgan fingerprint density at radius 3 is 1.71 bits per heavy atom. The van der Waals surface area contributed by atoms with Crippen molar-refractivity contribution < 1.29 is 30.4 Å². The van der Waals surface area contributed by atoms with E-state index in [0.29, 0.717) is 7.05 Å². The fraction of sp³-hybridized carbons (Fsp3) is 1.00. The molecule has 0 rings (SSSR count). The van der Waals surface area contributed by atoms with Crippen LogP contribution in [0.25, 0.3) is 0 Å². The highest BCUT2D eigenvalue weighted by Crippen LogP contribution is 2.40. The van der Waals surface area contributed by atoms with E-state index >= 15 is 0 Å². The third-order valence-electron chi connectivity index (χ3n) is 1.51. The molecule has 0 aromatic heterocycles. The predicted molar refractivity (Wildman–Crippen MR) is 38.2 cm³/mol. The van der Waals surface area contributed by atoms with Crippen molar-refractivity contribution in [1.29, 1.82) is 0 Å². The lowest BCUT2D eigenvalue weighted by Gasteiger charge is -2.24. The lowest BCUT2D eigenvalue weighted by molar-refractivity contribution is -0.242. The molecular weight excluding hydrogens is 233 g/mol. The molecule has 0 aliphatic rings. The van der Waals surface area contributed by atoms with Crippen molar-refractivity contribution in [3.8, 4) is 0 Å². The number of hydrogen-bond donors (Lipinski definition) is 0. The molecule has 0 bridgehead atoms. The second-order valence-electron chi connectivity index (χ2n) is 2.43. The Kier molecular flexibility index (Phi) is 3.50. The summed E-state index contributed by atoms with van der Waals surface area (Å²) in [6, 6.07) is 0. The lowest BCUT2D eigenvalue weighted by Crippen LogP contribution is -2.50. The number of sulfonamides is 1. The van der Waals surface area contributed by atoms with E-state index in [-0.39, 0.29) is 4.31 Å². The molecule has 0 saturated heterocycles. The standard InChI is InChI=1S/C5H8F5NO2S/c1-3-11(2)14(12,13)5(9,10)4(6,7)8/h3H2,1-2H3. The molecule has 0 radical (unpaired) electrons. The van der Waals surface area contributed by atoms with E-state index in [1.807, 2.05) is 0 Å². The van der Waals surface area contributed by atoms with Crippen LogP contribution < -0.4 is 0 Å². The van der Waals surface area contributed by atoms with Crippen LogP contribution in [-0.2, 0) is 10.0 Å². The van der Waals surface area contributed by atoms with Crippen LogP contribution in [0.1, 0.15) is 6.92 Å². The van der Waals surface area contributed by atoms with E-state index in [9.17, 15) is 30.4 Å². The number of alkyl halides is 5. The van der Waals surface area contributed by atoms with Crippen LogP contribution in [0, 0.1) is 0 Å². The smallest absolute Gasteiger partial charge is 0.205 e. The molecule has 0 amide bonds. The van der Waals surface area contributed by atoms with Gasteiger partial charge in [-0.1, -0.05) is 6.92 Å². The van der Waals surface area contributed by atoms with E-state index in [4.69, 9.17) is 0 Å². The van der Waals surface area contributed by atoms with Crippen LogP contribution >= 0.6 is 0 Å². The Hall–Kier alpha value is -0.440. The lowest BCUT2D eigenvalue weighted by atomic mass is 10.7. The summed E-state index contributed by atoms with van der Waals surface area (Å²) in [5.41, 5.74) is 0. The molecule has 14 heavy (non-hydrogen) atoms. The quantitative estimate of drug-likeness (QED) is 0.701. The highest BCUT2D eigenvalue weighted by atomic mass is 32.2. The van der Waals surface area contributed by atoms with E-state index in [0.717, 1.165) is 6.92 Å². The number of nitrogens with zero attached hydrogens (tertiary/aromatic N) is 1. The fourth-order valence-corrected chi connectivity index (χ4v) is 1.54. The summed E-state index contributed by atoms with van der Waals surface area (Å²) in [6.45, 7) is 0.679. The largest absolute Gasteiger partial charge is 0.470 e. The van der Waals surface area contributed by atoms with Crippen LogP contribution in [0.4, 0.5) is 22.0 Å². The summed E-state index contributed by atoms with van der Waals surface area (Å²) < 4.78 is 81.1.